The van der Waals surface area contributed by atoms with E-state index in [4.69, 9.17) is 0 Å². The summed E-state index contributed by atoms with van der Waals surface area (Å²) >= 11 is 3.94. The van der Waals surface area contributed by atoms with Crippen LogP contribution in [0.25, 0.3) is 0 Å². The van der Waals surface area contributed by atoms with Gasteiger partial charge in [-0.15, -0.1) is 11.8 Å². The summed E-state index contributed by atoms with van der Waals surface area (Å²) in [5.41, 5.74) is 0.857. The molecular weight excluding hydrogens is 369 g/mol. The molecule has 0 saturated heterocycles. The van der Waals surface area contributed by atoms with E-state index in [9.17, 15) is 4.79 Å². The molecule has 0 saturated carbocycles. The van der Waals surface area contributed by atoms with Gasteiger partial charge in [-0.05, 0) is 59.0 Å². The highest BCUT2D eigenvalue weighted by Crippen LogP contribution is 2.18. The number of nitrogens with one attached hydrogen (secondary N) is 1. The van der Waals surface area contributed by atoms with Crippen molar-refractivity contribution in [2.75, 3.05) is 11.1 Å². The van der Waals surface area contributed by atoms with Gasteiger partial charge < -0.3 is 5.32 Å². The second kappa shape index (κ2) is 7.55. The minimum atomic E-state index is 0.0599. The Bertz CT molecular complexity index is 528. The summed E-state index contributed by atoms with van der Waals surface area (Å²) in [6.45, 7) is 0. The normalized spacial score (nSPS) is 10.2. The van der Waals surface area contributed by atoms with Crippen LogP contribution in [0.3, 0.4) is 0 Å². The monoisotopic (exact) mass is 383 g/mol. The zero-order valence-corrected chi connectivity index (χ0v) is 13.3. The van der Waals surface area contributed by atoms with Crippen LogP contribution in [0.1, 0.15) is 6.42 Å². The third-order valence-electron chi connectivity index (χ3n) is 2.47. The standard InChI is InChI=1S/C15H14INOS/c16-12-6-8-13(9-7-12)17-15(18)10-11-19-14-4-2-1-3-5-14/h1-9H,10-11H2,(H,17,18). The molecule has 98 valence electrons. The molecule has 0 radical (unpaired) electrons. The van der Waals surface area contributed by atoms with E-state index in [1.807, 2.05) is 42.5 Å². The number of anilines is 1. The molecule has 2 nitrogen and oxygen atoms in total. The number of carbonyl (C=O) groups excluding carboxylic acids is 1. The van der Waals surface area contributed by atoms with Gasteiger partial charge in [0.2, 0.25) is 5.91 Å². The molecule has 0 fully saturated rings. The Morgan fingerprint density at radius 2 is 1.74 bits per heavy atom. The van der Waals surface area contributed by atoms with Crippen LogP contribution in [-0.2, 0) is 4.79 Å². The lowest BCUT2D eigenvalue weighted by Crippen LogP contribution is -2.12. The van der Waals surface area contributed by atoms with Crippen molar-refractivity contribution in [2.24, 2.45) is 0 Å². The fourth-order valence-electron chi connectivity index (χ4n) is 1.54. The number of thioether (sulfide) groups is 1. The lowest BCUT2D eigenvalue weighted by molar-refractivity contribution is -0.115. The van der Waals surface area contributed by atoms with Crippen molar-refractivity contribution in [3.8, 4) is 0 Å². The number of benzene rings is 2. The smallest absolute Gasteiger partial charge is 0.225 e. The third kappa shape index (κ3) is 5.24. The van der Waals surface area contributed by atoms with Gasteiger partial charge in [0, 0.05) is 26.3 Å². The summed E-state index contributed by atoms with van der Waals surface area (Å²) in [4.78, 5) is 13.0. The van der Waals surface area contributed by atoms with Gasteiger partial charge in [0.25, 0.3) is 0 Å². The molecule has 0 heterocycles. The van der Waals surface area contributed by atoms with E-state index in [-0.39, 0.29) is 5.91 Å². The highest BCUT2D eigenvalue weighted by molar-refractivity contribution is 14.1. The van der Waals surface area contributed by atoms with Crippen molar-refractivity contribution in [1.29, 1.82) is 0 Å². The zero-order chi connectivity index (χ0) is 13.5. The maximum atomic E-state index is 11.8. The maximum Gasteiger partial charge on any atom is 0.225 e. The summed E-state index contributed by atoms with van der Waals surface area (Å²) in [5, 5.41) is 2.90. The Morgan fingerprint density at radius 1 is 1.05 bits per heavy atom. The molecule has 0 atom stereocenters. The van der Waals surface area contributed by atoms with Crippen molar-refractivity contribution in [3.05, 3.63) is 58.2 Å². The molecular formula is C15H14INOS. The van der Waals surface area contributed by atoms with E-state index >= 15 is 0 Å². The second-order valence-corrected chi connectivity index (χ2v) is 6.38. The molecule has 0 aromatic heterocycles. The molecule has 0 aliphatic heterocycles. The van der Waals surface area contributed by atoms with Crippen molar-refractivity contribution in [2.45, 2.75) is 11.3 Å². The Balaban J connectivity index is 1.74. The molecule has 0 aliphatic carbocycles. The van der Waals surface area contributed by atoms with Gasteiger partial charge in [-0.2, -0.15) is 0 Å². The first kappa shape index (κ1) is 14.4. The van der Waals surface area contributed by atoms with Gasteiger partial charge in [-0.3, -0.25) is 4.79 Å². The van der Waals surface area contributed by atoms with Crippen LogP contribution in [0.2, 0.25) is 0 Å². The molecule has 2 rings (SSSR count). The third-order valence-corrected chi connectivity index (χ3v) is 4.20. The molecule has 0 spiro atoms. The maximum absolute atomic E-state index is 11.8. The van der Waals surface area contributed by atoms with E-state index in [2.05, 4.69) is 40.0 Å². The van der Waals surface area contributed by atoms with Gasteiger partial charge in [0.05, 0.1) is 0 Å². The zero-order valence-electron chi connectivity index (χ0n) is 10.3. The fourth-order valence-corrected chi connectivity index (χ4v) is 2.77. The summed E-state index contributed by atoms with van der Waals surface area (Å²) in [5.74, 6) is 0.852. The molecule has 1 N–H and O–H groups in total. The Labute approximate surface area is 131 Å². The molecule has 0 unspecified atom stereocenters. The average molecular weight is 383 g/mol. The number of halogens is 1. The average Bonchev–Trinajstić information content (AvgIpc) is 2.43. The Kier molecular flexibility index (Phi) is 5.72. The Hall–Kier alpha value is -1.01. The van der Waals surface area contributed by atoms with Crippen LogP contribution in [-0.4, -0.2) is 11.7 Å². The Morgan fingerprint density at radius 3 is 2.42 bits per heavy atom. The molecule has 19 heavy (non-hydrogen) atoms. The minimum absolute atomic E-state index is 0.0599. The first-order valence-corrected chi connectivity index (χ1v) is 8.04. The lowest BCUT2D eigenvalue weighted by atomic mass is 10.3. The van der Waals surface area contributed by atoms with Gasteiger partial charge >= 0.3 is 0 Å². The van der Waals surface area contributed by atoms with E-state index in [0.29, 0.717) is 6.42 Å². The van der Waals surface area contributed by atoms with Crippen molar-refractivity contribution >= 4 is 45.9 Å². The van der Waals surface area contributed by atoms with E-state index in [1.54, 1.807) is 11.8 Å². The van der Waals surface area contributed by atoms with Crippen molar-refractivity contribution in [1.82, 2.24) is 0 Å². The lowest BCUT2D eigenvalue weighted by Gasteiger charge is -2.05. The van der Waals surface area contributed by atoms with Crippen LogP contribution in [0.15, 0.2) is 59.5 Å². The van der Waals surface area contributed by atoms with Crippen LogP contribution in [0.5, 0.6) is 0 Å². The first-order valence-electron chi connectivity index (χ1n) is 5.97. The summed E-state index contributed by atoms with van der Waals surface area (Å²) < 4.78 is 1.16. The van der Waals surface area contributed by atoms with Crippen LogP contribution in [0, 0.1) is 3.57 Å². The number of carbonyl (C=O) groups is 1. The summed E-state index contributed by atoms with van der Waals surface area (Å²) in [7, 11) is 0. The van der Waals surface area contributed by atoms with Gasteiger partial charge in [-0.1, -0.05) is 18.2 Å². The quantitative estimate of drug-likeness (QED) is 0.612. The van der Waals surface area contributed by atoms with Gasteiger partial charge in [0.15, 0.2) is 0 Å². The fraction of sp³-hybridized carbons (Fsp3) is 0.133. The van der Waals surface area contributed by atoms with Gasteiger partial charge in [-0.25, -0.2) is 0 Å². The minimum Gasteiger partial charge on any atom is -0.326 e. The molecule has 2 aromatic rings. The highest BCUT2D eigenvalue weighted by Gasteiger charge is 2.02. The predicted molar refractivity (Wildman–Crippen MR) is 89.6 cm³/mol. The number of rotatable bonds is 5. The molecule has 1 amide bonds. The van der Waals surface area contributed by atoms with E-state index in [1.165, 1.54) is 4.90 Å². The summed E-state index contributed by atoms with van der Waals surface area (Å²) in [6.07, 6.45) is 0.519. The largest absolute Gasteiger partial charge is 0.326 e. The number of amides is 1. The molecule has 2 aromatic carbocycles. The topological polar surface area (TPSA) is 29.1 Å². The van der Waals surface area contributed by atoms with E-state index < -0.39 is 0 Å². The predicted octanol–water partition coefficient (Wildman–Crippen LogP) is 4.41. The molecule has 0 aliphatic rings. The highest BCUT2D eigenvalue weighted by atomic mass is 127. The summed E-state index contributed by atoms with van der Waals surface area (Å²) in [6, 6.07) is 17.9. The van der Waals surface area contributed by atoms with Gasteiger partial charge in [0.1, 0.15) is 0 Å². The molecule has 4 heteroatoms. The number of hydrogen-bond donors (Lipinski definition) is 1. The van der Waals surface area contributed by atoms with Crippen LogP contribution < -0.4 is 5.32 Å². The first-order chi connectivity index (χ1) is 9.24. The van der Waals surface area contributed by atoms with E-state index in [0.717, 1.165) is 15.0 Å². The van der Waals surface area contributed by atoms with Crippen molar-refractivity contribution < 1.29 is 4.79 Å². The molecule has 0 bridgehead atoms. The second-order valence-electron chi connectivity index (χ2n) is 3.97. The van der Waals surface area contributed by atoms with Crippen LogP contribution >= 0.6 is 34.4 Å². The van der Waals surface area contributed by atoms with Crippen LogP contribution in [0.4, 0.5) is 5.69 Å². The number of hydrogen-bond acceptors (Lipinski definition) is 2. The SMILES string of the molecule is O=C(CCSc1ccccc1)Nc1ccc(I)cc1. The van der Waals surface area contributed by atoms with Crippen molar-refractivity contribution in [3.63, 3.8) is 0 Å².